The molecule has 4 rings (SSSR count). The molecule has 0 bridgehead atoms. The third kappa shape index (κ3) is 6.53. The molecule has 3 aromatic rings. The van der Waals surface area contributed by atoms with Crippen LogP contribution < -0.4 is 0 Å². The molecule has 178 valence electrons. The molecule has 1 aliphatic carbocycles. The lowest BCUT2D eigenvalue weighted by molar-refractivity contribution is -0.119. The highest BCUT2D eigenvalue weighted by Crippen LogP contribution is 2.37. The van der Waals surface area contributed by atoms with Gasteiger partial charge in [0, 0.05) is 30.7 Å². The zero-order valence-electron chi connectivity index (χ0n) is 20.5. The van der Waals surface area contributed by atoms with Crippen LogP contribution in [0.3, 0.4) is 0 Å². The van der Waals surface area contributed by atoms with Crippen molar-refractivity contribution in [2.75, 3.05) is 0 Å². The van der Waals surface area contributed by atoms with Gasteiger partial charge in [0.1, 0.15) is 5.78 Å². The number of nitrogens with zero attached hydrogens (tertiary/aromatic N) is 2. The molecule has 1 aliphatic rings. The van der Waals surface area contributed by atoms with Crippen LogP contribution in [0.1, 0.15) is 75.2 Å². The second-order valence-corrected chi connectivity index (χ2v) is 10.3. The van der Waals surface area contributed by atoms with E-state index in [2.05, 4.69) is 62.4 Å². The molecule has 4 heteroatoms. The Hall–Kier alpha value is -3.01. The Morgan fingerprint density at radius 3 is 2.29 bits per heavy atom. The van der Waals surface area contributed by atoms with Crippen LogP contribution in [0.5, 0.6) is 0 Å². The maximum Gasteiger partial charge on any atom is 0.138 e. The van der Waals surface area contributed by atoms with E-state index in [4.69, 9.17) is 10.5 Å². The minimum absolute atomic E-state index is 0.207. The van der Waals surface area contributed by atoms with Crippen LogP contribution >= 0.6 is 0 Å². The maximum atomic E-state index is 12.7. The van der Waals surface area contributed by atoms with E-state index in [9.17, 15) is 4.79 Å². The van der Waals surface area contributed by atoms with Crippen LogP contribution in [-0.2, 0) is 17.6 Å². The number of para-hydroxylation sites is 1. The molecular weight excluding hydrogens is 418 g/mol. The first-order valence-corrected chi connectivity index (χ1v) is 12.7. The molecule has 1 N–H and O–H groups in total. The van der Waals surface area contributed by atoms with Crippen molar-refractivity contribution in [1.29, 1.82) is 5.41 Å². The molecule has 2 aromatic carbocycles. The van der Waals surface area contributed by atoms with Crippen molar-refractivity contribution in [3.8, 4) is 5.69 Å². The van der Waals surface area contributed by atoms with Gasteiger partial charge < -0.3 is 5.41 Å². The van der Waals surface area contributed by atoms with Gasteiger partial charge in [-0.2, -0.15) is 5.10 Å². The van der Waals surface area contributed by atoms with Gasteiger partial charge in [-0.15, -0.1) is 0 Å². The minimum Gasteiger partial charge on any atom is -0.309 e. The molecule has 1 aromatic heterocycles. The molecule has 0 radical (unpaired) electrons. The van der Waals surface area contributed by atoms with Crippen LogP contribution in [0.25, 0.3) is 5.69 Å². The number of benzene rings is 2. The van der Waals surface area contributed by atoms with Crippen LogP contribution in [0.2, 0.25) is 0 Å². The molecule has 0 saturated heterocycles. The Morgan fingerprint density at radius 2 is 1.65 bits per heavy atom. The lowest BCUT2D eigenvalue weighted by Gasteiger charge is -2.28. The summed E-state index contributed by atoms with van der Waals surface area (Å²) < 4.78 is 2.00. The second-order valence-electron chi connectivity index (χ2n) is 10.3. The number of aromatic nitrogens is 2. The fourth-order valence-corrected chi connectivity index (χ4v) is 5.26. The maximum absolute atomic E-state index is 12.7. The largest absolute Gasteiger partial charge is 0.309 e. The molecule has 0 aliphatic heterocycles. The second kappa shape index (κ2) is 11.4. The predicted molar refractivity (Wildman–Crippen MR) is 139 cm³/mol. The third-order valence-corrected chi connectivity index (χ3v) is 6.89. The van der Waals surface area contributed by atoms with Crippen molar-refractivity contribution in [2.24, 2.45) is 11.8 Å². The molecular formula is C30H37N3O. The number of hydrogen-bond donors (Lipinski definition) is 1. The SMILES string of the molecule is CC(C)Cc1cc(CC(=N)CC(=O)CC2CCC(c3ccccc3)CC2)nn1-c1ccccc1. The number of nitrogens with one attached hydrogen (secondary N) is 1. The van der Waals surface area contributed by atoms with Crippen molar-refractivity contribution in [2.45, 2.75) is 71.1 Å². The zero-order chi connectivity index (χ0) is 23.9. The van der Waals surface area contributed by atoms with E-state index in [1.165, 1.54) is 5.56 Å². The topological polar surface area (TPSA) is 58.7 Å². The Balaban J connectivity index is 1.30. The number of carbonyl (C=O) groups excluding carboxylic acids is 1. The number of hydrogen-bond acceptors (Lipinski definition) is 3. The number of ketones is 1. The van der Waals surface area contributed by atoms with Gasteiger partial charge in [0.2, 0.25) is 0 Å². The summed E-state index contributed by atoms with van der Waals surface area (Å²) in [6.45, 7) is 4.41. The van der Waals surface area contributed by atoms with Gasteiger partial charge in [-0.1, -0.05) is 62.4 Å². The van der Waals surface area contributed by atoms with Crippen molar-refractivity contribution in [3.05, 3.63) is 83.7 Å². The average molecular weight is 456 g/mol. The molecule has 4 nitrogen and oxygen atoms in total. The van der Waals surface area contributed by atoms with Crippen molar-refractivity contribution in [1.82, 2.24) is 9.78 Å². The van der Waals surface area contributed by atoms with Gasteiger partial charge in [-0.25, -0.2) is 4.68 Å². The van der Waals surface area contributed by atoms with E-state index in [-0.39, 0.29) is 12.2 Å². The van der Waals surface area contributed by atoms with E-state index in [0.717, 1.165) is 49.2 Å². The standard InChI is InChI=1S/C30H37N3O/c1-22(2)17-29-21-27(32-33(29)28-11-7-4-8-12-28)19-26(31)20-30(34)18-23-13-15-25(16-14-23)24-9-5-3-6-10-24/h3-12,21-23,25,31H,13-20H2,1-2H3. The van der Waals surface area contributed by atoms with E-state index in [1.807, 2.05) is 22.9 Å². The summed E-state index contributed by atoms with van der Waals surface area (Å²) >= 11 is 0. The van der Waals surface area contributed by atoms with Crippen LogP contribution in [-0.4, -0.2) is 21.3 Å². The third-order valence-electron chi connectivity index (χ3n) is 6.89. The van der Waals surface area contributed by atoms with Gasteiger partial charge >= 0.3 is 0 Å². The van der Waals surface area contributed by atoms with E-state index < -0.39 is 0 Å². The van der Waals surface area contributed by atoms with Crippen molar-refractivity contribution < 1.29 is 4.79 Å². The summed E-state index contributed by atoms with van der Waals surface area (Å²) in [7, 11) is 0. The molecule has 0 atom stereocenters. The van der Waals surface area contributed by atoms with Crippen LogP contribution in [0.15, 0.2) is 66.7 Å². The number of rotatable bonds is 10. The molecule has 1 heterocycles. The average Bonchev–Trinajstić information content (AvgIpc) is 3.21. The Labute approximate surface area is 203 Å². The first-order valence-electron chi connectivity index (χ1n) is 12.7. The highest BCUT2D eigenvalue weighted by molar-refractivity contribution is 6.01. The van der Waals surface area contributed by atoms with Gasteiger partial charge in [0.15, 0.2) is 0 Å². The first-order chi connectivity index (χ1) is 16.5. The molecule has 1 fully saturated rings. The summed E-state index contributed by atoms with van der Waals surface area (Å²) in [5.74, 6) is 1.82. The lowest BCUT2D eigenvalue weighted by Crippen LogP contribution is -2.18. The summed E-state index contributed by atoms with van der Waals surface area (Å²) in [5, 5.41) is 13.3. The fourth-order valence-electron chi connectivity index (χ4n) is 5.26. The predicted octanol–water partition coefficient (Wildman–Crippen LogP) is 6.96. The van der Waals surface area contributed by atoms with Crippen molar-refractivity contribution in [3.63, 3.8) is 0 Å². The molecule has 0 unspecified atom stereocenters. The summed E-state index contributed by atoms with van der Waals surface area (Å²) in [5.41, 5.74) is 4.97. The van der Waals surface area contributed by atoms with Crippen LogP contribution in [0.4, 0.5) is 0 Å². The highest BCUT2D eigenvalue weighted by atomic mass is 16.1. The molecule has 0 spiro atoms. The van der Waals surface area contributed by atoms with Gasteiger partial charge in [-0.05, 0) is 73.6 Å². The van der Waals surface area contributed by atoms with Gasteiger partial charge in [0.25, 0.3) is 0 Å². The van der Waals surface area contributed by atoms with E-state index in [1.54, 1.807) is 0 Å². The van der Waals surface area contributed by atoms with E-state index in [0.29, 0.717) is 36.3 Å². The summed E-state index contributed by atoms with van der Waals surface area (Å²) in [6.07, 6.45) is 6.77. The fraction of sp³-hybridized carbons (Fsp3) is 0.433. The van der Waals surface area contributed by atoms with Gasteiger partial charge in [-0.3, -0.25) is 4.79 Å². The van der Waals surface area contributed by atoms with E-state index >= 15 is 0 Å². The van der Waals surface area contributed by atoms with Gasteiger partial charge in [0.05, 0.1) is 11.4 Å². The quantitative estimate of drug-likeness (QED) is 0.336. The summed E-state index contributed by atoms with van der Waals surface area (Å²) in [6, 6.07) is 23.0. The highest BCUT2D eigenvalue weighted by Gasteiger charge is 2.24. The normalized spacial score (nSPS) is 18.2. The Morgan fingerprint density at radius 1 is 1.00 bits per heavy atom. The Bertz CT molecular complexity index is 1080. The van der Waals surface area contributed by atoms with Crippen molar-refractivity contribution >= 4 is 11.5 Å². The Kier molecular flexibility index (Phi) is 8.10. The minimum atomic E-state index is 0.207. The van der Waals surface area contributed by atoms with Crippen LogP contribution in [0, 0.1) is 17.2 Å². The lowest BCUT2D eigenvalue weighted by atomic mass is 9.77. The zero-order valence-corrected chi connectivity index (χ0v) is 20.5. The molecule has 1 saturated carbocycles. The summed E-state index contributed by atoms with van der Waals surface area (Å²) in [4.78, 5) is 12.7. The monoisotopic (exact) mass is 455 g/mol. The number of Topliss-reactive ketones (excluding diaryl/α,β-unsaturated/α-hetero) is 1. The molecule has 34 heavy (non-hydrogen) atoms. The smallest absolute Gasteiger partial charge is 0.138 e. The molecule has 0 amide bonds. The first kappa shape index (κ1) is 24.1. The number of carbonyl (C=O) groups is 1.